The fourth-order valence-corrected chi connectivity index (χ4v) is 2.91. The highest BCUT2D eigenvalue weighted by Gasteiger charge is 2.75. The van der Waals surface area contributed by atoms with Gasteiger partial charge in [0.15, 0.2) is 0 Å². The van der Waals surface area contributed by atoms with Crippen LogP contribution in [-0.2, 0) is 14.9 Å². The van der Waals surface area contributed by atoms with Gasteiger partial charge in [-0.15, -0.1) is 0 Å². The monoisotopic (exact) mass is 418 g/mol. The van der Waals surface area contributed by atoms with E-state index < -0.39 is 45.4 Å². The highest BCUT2D eigenvalue weighted by Crippen LogP contribution is 2.47. The summed E-state index contributed by atoms with van der Waals surface area (Å²) >= 11 is 0. The van der Waals surface area contributed by atoms with Gasteiger partial charge in [0.1, 0.15) is 7.85 Å². The average Bonchev–Trinajstić information content (AvgIpc) is 2.41. The zero-order chi connectivity index (χ0) is 21.4. The molecule has 0 aromatic heterocycles. The molecule has 0 N–H and O–H groups in total. The second-order valence-corrected chi connectivity index (χ2v) is 6.99. The highest BCUT2D eigenvalue weighted by molar-refractivity contribution is 7.85. The predicted molar refractivity (Wildman–Crippen MR) is 81.0 cm³/mol. The lowest BCUT2D eigenvalue weighted by Crippen LogP contribution is -2.63. The Hall–Kier alpha value is -1.96. The van der Waals surface area contributed by atoms with Crippen molar-refractivity contribution in [2.24, 2.45) is 0 Å². The third-order valence-corrected chi connectivity index (χ3v) is 4.07. The summed E-state index contributed by atoms with van der Waals surface area (Å²) in [5.74, 6) is -5.23. The summed E-state index contributed by atoms with van der Waals surface area (Å²) in [6, 6.07) is 2.71. The lowest BCUT2D eigenvalue weighted by atomic mass is 9.91. The fourth-order valence-electron chi connectivity index (χ4n) is 2.02. The van der Waals surface area contributed by atoms with E-state index in [9.17, 15) is 44.1 Å². The van der Waals surface area contributed by atoms with Crippen molar-refractivity contribution in [3.05, 3.63) is 23.8 Å². The van der Waals surface area contributed by atoms with Gasteiger partial charge in [-0.1, -0.05) is 11.5 Å². The van der Waals surface area contributed by atoms with Gasteiger partial charge in [0.05, 0.1) is 21.4 Å². The van der Waals surface area contributed by atoms with Crippen molar-refractivity contribution >= 4 is 35.1 Å². The van der Waals surface area contributed by atoms with E-state index >= 15 is 0 Å². The zero-order valence-electron chi connectivity index (χ0n) is 13.7. The molecule has 0 aliphatic rings. The maximum Gasteiger partial charge on any atom is 0.438 e. The highest BCUT2D eigenvalue weighted by atomic mass is 32.2. The van der Waals surface area contributed by atoms with Gasteiger partial charge >= 0.3 is 23.9 Å². The van der Waals surface area contributed by atoms with Crippen LogP contribution in [0.3, 0.4) is 0 Å². The number of carbonyl (C=O) groups is 1. The van der Waals surface area contributed by atoms with Crippen LogP contribution in [0.5, 0.6) is 0 Å². The molecule has 14 heteroatoms. The van der Waals surface area contributed by atoms with E-state index in [0.717, 1.165) is 18.2 Å². The molecule has 0 atom stereocenters. The molecule has 1 aromatic carbocycles. The molecule has 1 aromatic rings. The first-order valence-electron chi connectivity index (χ1n) is 6.78. The molecule has 27 heavy (non-hydrogen) atoms. The minimum absolute atomic E-state index is 0.171. The van der Waals surface area contributed by atoms with Crippen LogP contribution in [0.1, 0.15) is 10.4 Å². The maximum atomic E-state index is 13.1. The average molecular weight is 418 g/mol. The first-order valence-corrected chi connectivity index (χ1v) is 8.36. The van der Waals surface area contributed by atoms with Crippen molar-refractivity contribution in [1.29, 1.82) is 0 Å². The largest absolute Gasteiger partial charge is 0.748 e. The van der Waals surface area contributed by atoms with E-state index in [0.29, 0.717) is 5.69 Å². The second kappa shape index (κ2) is 7.22. The van der Waals surface area contributed by atoms with Gasteiger partial charge in [-0.25, -0.2) is 13.2 Å². The summed E-state index contributed by atoms with van der Waals surface area (Å²) in [5.41, 5.74) is -6.21. The van der Waals surface area contributed by atoms with Gasteiger partial charge in [0, 0.05) is 19.8 Å². The lowest BCUT2D eigenvalue weighted by molar-refractivity contribution is -0.356. The summed E-state index contributed by atoms with van der Waals surface area (Å²) < 4.78 is 114. The molecule has 0 saturated carbocycles. The number of hydrogen-bond acceptors (Lipinski definition) is 6. The maximum absolute atomic E-state index is 13.1. The van der Waals surface area contributed by atoms with E-state index in [1.807, 2.05) is 0 Å². The topological polar surface area (TPSA) is 86.7 Å². The van der Waals surface area contributed by atoms with E-state index in [2.05, 4.69) is 4.74 Å². The molecule has 0 spiro atoms. The van der Waals surface area contributed by atoms with Crippen molar-refractivity contribution in [2.75, 3.05) is 24.7 Å². The summed E-state index contributed by atoms with van der Waals surface area (Å²) in [6.45, 7) is 0. The number of halogens is 6. The Kier molecular flexibility index (Phi) is 6.18. The Morgan fingerprint density at radius 1 is 1.15 bits per heavy atom. The van der Waals surface area contributed by atoms with E-state index in [-0.39, 0.29) is 5.46 Å². The molecule has 1 rings (SSSR count). The third kappa shape index (κ3) is 5.06. The summed E-state index contributed by atoms with van der Waals surface area (Å²) in [5, 5.41) is 0. The van der Waals surface area contributed by atoms with Crippen molar-refractivity contribution in [1.82, 2.24) is 0 Å². The Bertz CT molecular complexity index is 807. The van der Waals surface area contributed by atoms with Gasteiger partial charge in [0.25, 0.3) is 0 Å². The number of rotatable bonds is 5. The van der Waals surface area contributed by atoms with Crippen molar-refractivity contribution in [3.8, 4) is 0 Å². The molecule has 0 bridgehead atoms. The van der Waals surface area contributed by atoms with Crippen LogP contribution in [0.15, 0.2) is 18.2 Å². The predicted octanol–water partition coefficient (Wildman–Crippen LogP) is 1.11. The van der Waals surface area contributed by atoms with E-state index in [1.165, 1.54) is 19.0 Å². The number of hydrogen-bond donors (Lipinski definition) is 0. The van der Waals surface area contributed by atoms with Crippen molar-refractivity contribution in [2.45, 2.75) is 18.0 Å². The van der Waals surface area contributed by atoms with Crippen LogP contribution >= 0.6 is 0 Å². The van der Waals surface area contributed by atoms with Gasteiger partial charge in [-0.05, 0) is 12.1 Å². The minimum atomic E-state index is -6.44. The molecule has 0 aliphatic heterocycles. The molecule has 150 valence electrons. The molecule has 0 fully saturated rings. The minimum Gasteiger partial charge on any atom is -0.748 e. The Morgan fingerprint density at radius 2 is 1.63 bits per heavy atom. The number of carbonyl (C=O) groups excluding carboxylic acids is 1. The molecule has 0 unspecified atom stereocenters. The van der Waals surface area contributed by atoms with Crippen molar-refractivity contribution in [3.63, 3.8) is 0 Å². The molecule has 6 nitrogen and oxygen atoms in total. The number of benzene rings is 1. The first kappa shape index (κ1) is 23.1. The van der Waals surface area contributed by atoms with Crippen molar-refractivity contribution < 1.29 is 48.8 Å². The molecule has 0 heterocycles. The van der Waals surface area contributed by atoms with Crippen LogP contribution in [0.4, 0.5) is 32.0 Å². The van der Waals surface area contributed by atoms with Gasteiger partial charge in [-0.2, -0.15) is 26.3 Å². The third-order valence-electron chi connectivity index (χ3n) is 3.31. The molecule has 2 radical (unpaired) electrons. The Balaban J connectivity index is 3.46. The number of nitrogens with zero attached hydrogens (tertiary/aromatic N) is 1. The summed E-state index contributed by atoms with van der Waals surface area (Å²) in [6.07, 6.45) is -12.9. The quantitative estimate of drug-likeness (QED) is 0.308. The van der Waals surface area contributed by atoms with Gasteiger partial charge < -0.3 is 14.2 Å². The lowest BCUT2D eigenvalue weighted by Gasteiger charge is -2.36. The zero-order valence-corrected chi connectivity index (χ0v) is 14.5. The Morgan fingerprint density at radius 3 is 1.96 bits per heavy atom. The number of anilines is 1. The molecule has 0 amide bonds. The number of ether oxygens (including phenoxy) is 1. The van der Waals surface area contributed by atoms with Gasteiger partial charge in [0.2, 0.25) is 0 Å². The van der Waals surface area contributed by atoms with Crippen LogP contribution in [0, 0.1) is 0 Å². The van der Waals surface area contributed by atoms with Crippen LogP contribution in [-0.4, -0.2) is 64.6 Å². The van der Waals surface area contributed by atoms with Crippen LogP contribution < -0.4 is 10.4 Å². The Labute approximate surface area is 151 Å². The molecule has 0 aliphatic carbocycles. The SMILES string of the molecule is [B]c1cc(C(=O)OC(CS(=O)(=O)[O-])(C(F)(F)F)C(F)(F)F)ccc1N(C)C. The standard InChI is InChI=1S/C13H12BF6NO5S/c1-21(2)9-4-3-7(5-8(9)14)10(22)26-11(12(15,16)17,13(18,19)20)6-27(23,24)25/h3-5H,6H2,1-2H3,(H,23,24,25)/p-1. The first-order chi connectivity index (χ1) is 11.9. The second-order valence-electron chi connectivity index (χ2n) is 5.58. The smallest absolute Gasteiger partial charge is 0.438 e. The normalized spacial score (nSPS) is 13.4. The molecular weight excluding hydrogens is 407 g/mol. The number of esters is 1. The summed E-state index contributed by atoms with van der Waals surface area (Å²) in [4.78, 5) is 13.3. The van der Waals surface area contributed by atoms with E-state index in [1.54, 1.807) is 0 Å². The molecule has 0 saturated heterocycles. The number of alkyl halides is 6. The summed E-state index contributed by atoms with van der Waals surface area (Å²) in [7, 11) is 2.51. The van der Waals surface area contributed by atoms with Crippen LogP contribution in [0.25, 0.3) is 0 Å². The fraction of sp³-hybridized carbons (Fsp3) is 0.462. The van der Waals surface area contributed by atoms with Crippen LogP contribution in [0.2, 0.25) is 0 Å². The van der Waals surface area contributed by atoms with E-state index in [4.69, 9.17) is 7.85 Å². The molecular formula is C13H11BF6NO5S-. The van der Waals surface area contributed by atoms with Gasteiger partial charge in [-0.3, -0.25) is 0 Å².